The number of hydrogen-bond donors (Lipinski definition) is 0. The molecule has 0 atom stereocenters. The van der Waals surface area contributed by atoms with E-state index >= 15 is 0 Å². The third-order valence-corrected chi connectivity index (χ3v) is 4.46. The van der Waals surface area contributed by atoms with E-state index in [4.69, 9.17) is 0 Å². The Morgan fingerprint density at radius 3 is 1.44 bits per heavy atom. The fourth-order valence-corrected chi connectivity index (χ4v) is 2.65. The summed E-state index contributed by atoms with van der Waals surface area (Å²) >= 11 is 0. The van der Waals surface area contributed by atoms with E-state index < -0.39 is 0 Å². The molecule has 0 N–H and O–H groups in total. The van der Waals surface area contributed by atoms with Crippen molar-refractivity contribution in [3.63, 3.8) is 0 Å². The van der Waals surface area contributed by atoms with Crippen molar-refractivity contribution < 1.29 is 0 Å². The molecule has 0 aliphatic rings. The summed E-state index contributed by atoms with van der Waals surface area (Å²) in [4.78, 5) is 0. The van der Waals surface area contributed by atoms with Gasteiger partial charge in [0, 0.05) is 24.8 Å². The van der Waals surface area contributed by atoms with Crippen molar-refractivity contribution in [3.05, 3.63) is 11.1 Å². The first-order valence-electron chi connectivity index (χ1n) is 11.5. The minimum Gasteiger partial charge on any atom is -0.0982 e. The van der Waals surface area contributed by atoms with Crippen LogP contribution in [-0.4, -0.2) is 0 Å². The molecular weight excluding hydrogens is 324 g/mol. The highest BCUT2D eigenvalue weighted by Gasteiger charge is 2.01. The Morgan fingerprint density at radius 1 is 0.481 bits per heavy atom. The van der Waals surface area contributed by atoms with Crippen molar-refractivity contribution in [3.8, 4) is 35.5 Å². The molecule has 0 saturated carbocycles. The summed E-state index contributed by atoms with van der Waals surface area (Å²) < 4.78 is 0. The molecule has 0 heteroatoms. The van der Waals surface area contributed by atoms with Gasteiger partial charge < -0.3 is 0 Å². The SMILES string of the molecule is CCCCC#C/C(C#CCCCCC)=C(\C#CCCCCC)CCCCC. The average molecular weight is 367 g/mol. The summed E-state index contributed by atoms with van der Waals surface area (Å²) in [5, 5.41) is 0. The summed E-state index contributed by atoms with van der Waals surface area (Å²) in [5.74, 6) is 20.3. The van der Waals surface area contributed by atoms with E-state index in [9.17, 15) is 0 Å². The lowest BCUT2D eigenvalue weighted by Gasteiger charge is -2.01. The number of rotatable bonds is 12. The lowest BCUT2D eigenvalue weighted by molar-refractivity contribution is 0.719. The Hall–Kier alpha value is -1.58. The Labute approximate surface area is 171 Å². The van der Waals surface area contributed by atoms with Gasteiger partial charge in [0.15, 0.2) is 0 Å². The molecule has 0 bridgehead atoms. The predicted molar refractivity (Wildman–Crippen MR) is 122 cm³/mol. The van der Waals surface area contributed by atoms with Gasteiger partial charge in [-0.15, -0.1) is 0 Å². The molecule has 0 nitrogen and oxygen atoms in total. The highest BCUT2D eigenvalue weighted by Crippen LogP contribution is 2.14. The van der Waals surface area contributed by atoms with Gasteiger partial charge in [-0.2, -0.15) is 0 Å². The molecule has 0 aromatic carbocycles. The molecule has 0 radical (unpaired) electrons. The van der Waals surface area contributed by atoms with E-state index in [1.165, 1.54) is 69.8 Å². The third kappa shape index (κ3) is 16.3. The van der Waals surface area contributed by atoms with E-state index in [0.717, 1.165) is 37.7 Å². The molecule has 0 unspecified atom stereocenters. The van der Waals surface area contributed by atoms with Gasteiger partial charge in [0.2, 0.25) is 0 Å². The molecule has 0 saturated heterocycles. The summed E-state index contributed by atoms with van der Waals surface area (Å²) in [6.45, 7) is 8.93. The van der Waals surface area contributed by atoms with Gasteiger partial charge in [-0.3, -0.25) is 0 Å². The summed E-state index contributed by atoms with van der Waals surface area (Å²) in [6, 6.07) is 0. The second kappa shape index (κ2) is 20.7. The molecular formula is C27H42. The minimum atomic E-state index is 0.962. The van der Waals surface area contributed by atoms with Gasteiger partial charge >= 0.3 is 0 Å². The lowest BCUT2D eigenvalue weighted by Crippen LogP contribution is -1.89. The topological polar surface area (TPSA) is 0 Å². The third-order valence-electron chi connectivity index (χ3n) is 4.46. The highest BCUT2D eigenvalue weighted by atomic mass is 14.0. The summed E-state index contributed by atoms with van der Waals surface area (Å²) in [7, 11) is 0. The first-order chi connectivity index (χ1) is 13.3. The van der Waals surface area contributed by atoms with E-state index in [1.807, 2.05) is 0 Å². The minimum absolute atomic E-state index is 0.962. The van der Waals surface area contributed by atoms with Crippen LogP contribution >= 0.6 is 0 Å². The molecule has 0 aromatic heterocycles. The van der Waals surface area contributed by atoms with Crippen LogP contribution in [0.3, 0.4) is 0 Å². The first-order valence-corrected chi connectivity index (χ1v) is 11.5. The molecule has 0 aromatic rings. The molecule has 150 valence electrons. The molecule has 27 heavy (non-hydrogen) atoms. The molecule has 0 aliphatic carbocycles. The van der Waals surface area contributed by atoms with Crippen LogP contribution in [0.2, 0.25) is 0 Å². The van der Waals surface area contributed by atoms with Crippen molar-refractivity contribution >= 4 is 0 Å². The second-order valence-electron chi connectivity index (χ2n) is 7.23. The predicted octanol–water partition coefficient (Wildman–Crippen LogP) is 8.22. The van der Waals surface area contributed by atoms with Crippen LogP contribution in [0.4, 0.5) is 0 Å². The van der Waals surface area contributed by atoms with Crippen LogP contribution in [-0.2, 0) is 0 Å². The molecule has 0 aliphatic heterocycles. The summed E-state index contributed by atoms with van der Waals surface area (Å²) in [5.41, 5.74) is 2.19. The maximum Gasteiger partial charge on any atom is 0.0859 e. The van der Waals surface area contributed by atoms with Gasteiger partial charge in [0.1, 0.15) is 0 Å². The van der Waals surface area contributed by atoms with Crippen LogP contribution in [0.1, 0.15) is 124 Å². The van der Waals surface area contributed by atoms with Crippen LogP contribution in [0, 0.1) is 35.5 Å². The monoisotopic (exact) mass is 366 g/mol. The van der Waals surface area contributed by atoms with Crippen molar-refractivity contribution in [2.24, 2.45) is 0 Å². The van der Waals surface area contributed by atoms with E-state index in [-0.39, 0.29) is 0 Å². The quantitative estimate of drug-likeness (QED) is 0.241. The van der Waals surface area contributed by atoms with E-state index in [1.54, 1.807) is 0 Å². The number of hydrogen-bond acceptors (Lipinski definition) is 0. The van der Waals surface area contributed by atoms with Gasteiger partial charge in [-0.1, -0.05) is 108 Å². The van der Waals surface area contributed by atoms with Gasteiger partial charge in [0.05, 0.1) is 5.57 Å². The van der Waals surface area contributed by atoms with Crippen molar-refractivity contribution in [2.45, 2.75) is 124 Å². The summed E-state index contributed by atoms with van der Waals surface area (Å²) in [6.07, 6.45) is 17.4. The van der Waals surface area contributed by atoms with Crippen LogP contribution in [0.5, 0.6) is 0 Å². The van der Waals surface area contributed by atoms with Gasteiger partial charge in [0.25, 0.3) is 0 Å². The Balaban J connectivity index is 5.36. The van der Waals surface area contributed by atoms with Crippen LogP contribution in [0.15, 0.2) is 11.1 Å². The molecule has 0 rings (SSSR count). The average Bonchev–Trinajstić information content (AvgIpc) is 2.68. The normalized spacial score (nSPS) is 10.7. The zero-order chi connectivity index (χ0) is 20.0. The highest BCUT2D eigenvalue weighted by molar-refractivity contribution is 5.53. The zero-order valence-corrected chi connectivity index (χ0v) is 18.6. The van der Waals surface area contributed by atoms with E-state index in [2.05, 4.69) is 63.2 Å². The van der Waals surface area contributed by atoms with Gasteiger partial charge in [-0.05, 0) is 32.1 Å². The van der Waals surface area contributed by atoms with Gasteiger partial charge in [-0.25, -0.2) is 0 Å². The smallest absolute Gasteiger partial charge is 0.0859 e. The standard InChI is InChI=1S/C27H42/c1-5-9-13-16-20-24-26(22-18-12-8-4)27(23-19-15-11-7-3)25-21-17-14-10-6-2/h5-18,22H2,1-4H3/b27-26+. The number of unbranched alkanes of at least 4 members (excludes halogenated alkanes) is 10. The number of allylic oxidation sites excluding steroid dienone is 2. The van der Waals surface area contributed by atoms with Crippen molar-refractivity contribution in [2.75, 3.05) is 0 Å². The largest absolute Gasteiger partial charge is 0.0982 e. The Bertz CT molecular complexity index is 556. The fraction of sp³-hybridized carbons (Fsp3) is 0.704. The molecule has 0 fully saturated rings. The Kier molecular flexibility index (Phi) is 19.5. The van der Waals surface area contributed by atoms with E-state index in [0.29, 0.717) is 0 Å². The first kappa shape index (κ1) is 25.4. The molecule has 0 amide bonds. The van der Waals surface area contributed by atoms with Crippen molar-refractivity contribution in [1.82, 2.24) is 0 Å². The second-order valence-corrected chi connectivity index (χ2v) is 7.23. The fourth-order valence-electron chi connectivity index (χ4n) is 2.65. The maximum atomic E-state index is 3.46. The maximum absolute atomic E-state index is 3.46. The van der Waals surface area contributed by atoms with Crippen LogP contribution < -0.4 is 0 Å². The zero-order valence-electron chi connectivity index (χ0n) is 18.6. The molecule has 0 heterocycles. The van der Waals surface area contributed by atoms with Crippen LogP contribution in [0.25, 0.3) is 0 Å². The Morgan fingerprint density at radius 2 is 0.926 bits per heavy atom. The van der Waals surface area contributed by atoms with Crippen molar-refractivity contribution in [1.29, 1.82) is 0 Å². The molecule has 0 spiro atoms. The lowest BCUT2D eigenvalue weighted by atomic mass is 10.0.